The van der Waals surface area contributed by atoms with Crippen molar-refractivity contribution in [2.24, 2.45) is 35.0 Å². The lowest BCUT2D eigenvalue weighted by Crippen LogP contribution is -2.56. The lowest BCUT2D eigenvalue weighted by molar-refractivity contribution is -0.146. The first-order valence-electron chi connectivity index (χ1n) is 16.4. The summed E-state index contributed by atoms with van der Waals surface area (Å²) >= 11 is 0. The molecule has 0 spiro atoms. The molecule has 4 fully saturated rings. The van der Waals surface area contributed by atoms with Gasteiger partial charge in [0.15, 0.2) is 0 Å². The Balaban J connectivity index is 1.06. The number of fused-ring (bicyclic) bond motifs is 1. The van der Waals surface area contributed by atoms with Crippen molar-refractivity contribution in [2.75, 3.05) is 13.1 Å². The van der Waals surface area contributed by atoms with Crippen molar-refractivity contribution < 1.29 is 19.1 Å². The standard InChI is InChI=1S/C38H40N2O4/c41-31(44-21-23-8-2-1-3-9-23)20-39-36(42)34-32-27-10-4-6-12-29(27)33(30-13-7-5-11-28(30)32)35(34)37(43)40-22-38-17-24-14-25(18-38)16-26(15-24)19-38/h1-13,24-26,32-35H,14-22H2,(H,39,42)(H,40,43)/t24?,25?,26?,32?,33?,34-,35+,38?/m1/s1. The summed E-state index contributed by atoms with van der Waals surface area (Å²) in [5.74, 6) is -0.0306. The average Bonchev–Trinajstić information content (AvgIpc) is 3.04. The maximum Gasteiger partial charge on any atom is 0.325 e. The van der Waals surface area contributed by atoms with Crippen LogP contribution in [0, 0.1) is 35.0 Å². The van der Waals surface area contributed by atoms with Crippen molar-refractivity contribution in [3.8, 4) is 0 Å². The van der Waals surface area contributed by atoms with E-state index in [4.69, 9.17) is 4.74 Å². The number of hydrogen-bond acceptors (Lipinski definition) is 4. The zero-order chi connectivity index (χ0) is 29.8. The third kappa shape index (κ3) is 4.74. The summed E-state index contributed by atoms with van der Waals surface area (Å²) in [6, 6.07) is 26.0. The number of carbonyl (C=O) groups is 3. The summed E-state index contributed by atoms with van der Waals surface area (Å²) < 4.78 is 5.44. The van der Waals surface area contributed by atoms with Crippen LogP contribution in [0.4, 0.5) is 0 Å². The third-order valence-electron chi connectivity index (χ3n) is 11.5. The van der Waals surface area contributed by atoms with E-state index >= 15 is 0 Å². The minimum absolute atomic E-state index is 0.0356. The van der Waals surface area contributed by atoms with Gasteiger partial charge in [0.05, 0.1) is 11.8 Å². The SMILES string of the molecule is O=C(CNC(=O)[C@@H]1C2c3ccccc3C(c3ccccc32)[C@@H]1C(=O)NCC12CC3CC(CC(C3)C1)C2)OCc1ccccc1. The molecule has 226 valence electrons. The molecule has 44 heavy (non-hydrogen) atoms. The van der Waals surface area contributed by atoms with E-state index in [1.807, 2.05) is 54.6 Å². The van der Waals surface area contributed by atoms with Crippen LogP contribution in [0.15, 0.2) is 78.9 Å². The average molecular weight is 589 g/mol. The summed E-state index contributed by atoms with van der Waals surface area (Å²) in [6.45, 7) is 0.622. The fraction of sp³-hybridized carbons (Fsp3) is 0.447. The van der Waals surface area contributed by atoms with E-state index in [9.17, 15) is 14.4 Å². The van der Waals surface area contributed by atoms with E-state index in [1.165, 1.54) is 38.5 Å². The Labute approximate surface area is 259 Å². The van der Waals surface area contributed by atoms with Crippen molar-refractivity contribution in [2.45, 2.75) is 57.0 Å². The van der Waals surface area contributed by atoms with Crippen LogP contribution in [0.5, 0.6) is 0 Å². The zero-order valence-electron chi connectivity index (χ0n) is 25.0. The molecule has 0 unspecified atom stereocenters. The first-order valence-corrected chi connectivity index (χ1v) is 16.4. The van der Waals surface area contributed by atoms with Gasteiger partial charge in [-0.3, -0.25) is 14.4 Å². The van der Waals surface area contributed by atoms with E-state index in [-0.39, 0.29) is 42.2 Å². The molecule has 2 atom stereocenters. The van der Waals surface area contributed by atoms with E-state index in [2.05, 4.69) is 34.9 Å². The molecule has 0 aliphatic heterocycles. The van der Waals surface area contributed by atoms with Gasteiger partial charge < -0.3 is 15.4 Å². The van der Waals surface area contributed by atoms with Crippen LogP contribution in [0.3, 0.4) is 0 Å². The minimum Gasteiger partial charge on any atom is -0.460 e. The molecule has 3 aromatic rings. The summed E-state index contributed by atoms with van der Waals surface area (Å²) in [5.41, 5.74) is 5.57. The minimum atomic E-state index is -0.622. The number of carbonyl (C=O) groups excluding carboxylic acids is 3. The first kappa shape index (κ1) is 27.6. The first-order chi connectivity index (χ1) is 21.5. The van der Waals surface area contributed by atoms with Gasteiger partial charge in [0.1, 0.15) is 13.2 Å². The number of hydrogen-bond donors (Lipinski definition) is 2. The summed E-state index contributed by atoms with van der Waals surface area (Å²) in [4.78, 5) is 41.2. The highest BCUT2D eigenvalue weighted by molar-refractivity contribution is 5.93. The molecule has 0 saturated heterocycles. The summed E-state index contributed by atoms with van der Waals surface area (Å²) in [7, 11) is 0. The lowest BCUT2D eigenvalue weighted by Gasteiger charge is -2.57. The van der Waals surface area contributed by atoms with Crippen LogP contribution in [-0.2, 0) is 25.7 Å². The second-order valence-corrected chi connectivity index (χ2v) is 14.3. The molecular weight excluding hydrogens is 548 g/mol. The maximum absolute atomic E-state index is 14.4. The van der Waals surface area contributed by atoms with Crippen LogP contribution < -0.4 is 10.6 Å². The molecular formula is C38H40N2O4. The summed E-state index contributed by atoms with van der Waals surface area (Å²) in [5, 5.41) is 6.31. The van der Waals surface area contributed by atoms with Gasteiger partial charge in [-0.2, -0.15) is 0 Å². The highest BCUT2D eigenvalue weighted by atomic mass is 16.5. The fourth-order valence-corrected chi connectivity index (χ4v) is 10.3. The van der Waals surface area contributed by atoms with Crippen molar-refractivity contribution in [3.63, 3.8) is 0 Å². The van der Waals surface area contributed by atoms with Gasteiger partial charge in [-0.1, -0.05) is 78.9 Å². The Bertz CT molecular complexity index is 1520. The zero-order valence-corrected chi connectivity index (χ0v) is 25.0. The van der Waals surface area contributed by atoms with Gasteiger partial charge in [0.25, 0.3) is 0 Å². The third-order valence-corrected chi connectivity index (χ3v) is 11.5. The Morgan fingerprint density at radius 2 is 1.09 bits per heavy atom. The predicted octanol–water partition coefficient (Wildman–Crippen LogP) is 5.70. The molecule has 7 aliphatic rings. The molecule has 6 heteroatoms. The lowest BCUT2D eigenvalue weighted by atomic mass is 9.49. The number of nitrogens with one attached hydrogen (secondary N) is 2. The van der Waals surface area contributed by atoms with Crippen LogP contribution in [0.25, 0.3) is 0 Å². The Hall–Kier alpha value is -3.93. The van der Waals surface area contributed by atoms with Gasteiger partial charge in [-0.15, -0.1) is 0 Å². The van der Waals surface area contributed by atoms with Gasteiger partial charge in [-0.25, -0.2) is 0 Å². The molecule has 6 nitrogen and oxygen atoms in total. The number of rotatable bonds is 8. The van der Waals surface area contributed by atoms with Crippen molar-refractivity contribution in [1.82, 2.24) is 10.6 Å². The topological polar surface area (TPSA) is 84.5 Å². The highest BCUT2D eigenvalue weighted by Crippen LogP contribution is 2.61. The van der Waals surface area contributed by atoms with Crippen molar-refractivity contribution in [3.05, 3.63) is 107 Å². The fourth-order valence-electron chi connectivity index (χ4n) is 10.3. The Kier molecular flexibility index (Phi) is 6.84. The molecule has 0 heterocycles. The summed E-state index contributed by atoms with van der Waals surface area (Å²) in [6.07, 6.45) is 7.75. The van der Waals surface area contributed by atoms with E-state index in [0.29, 0.717) is 6.54 Å². The van der Waals surface area contributed by atoms with Crippen LogP contribution in [0.1, 0.15) is 78.2 Å². The molecule has 0 aromatic heterocycles. The Morgan fingerprint density at radius 1 is 0.636 bits per heavy atom. The van der Waals surface area contributed by atoms with Crippen molar-refractivity contribution in [1.29, 1.82) is 0 Å². The molecule has 3 aromatic carbocycles. The molecule has 7 aliphatic carbocycles. The molecule has 4 saturated carbocycles. The molecule has 2 N–H and O–H groups in total. The Morgan fingerprint density at radius 3 is 1.59 bits per heavy atom. The van der Waals surface area contributed by atoms with Crippen LogP contribution >= 0.6 is 0 Å². The van der Waals surface area contributed by atoms with Crippen LogP contribution in [-0.4, -0.2) is 30.9 Å². The predicted molar refractivity (Wildman–Crippen MR) is 166 cm³/mol. The smallest absolute Gasteiger partial charge is 0.325 e. The number of benzene rings is 3. The largest absolute Gasteiger partial charge is 0.460 e. The van der Waals surface area contributed by atoms with Crippen LogP contribution in [0.2, 0.25) is 0 Å². The quantitative estimate of drug-likeness (QED) is 0.331. The second-order valence-electron chi connectivity index (χ2n) is 14.3. The normalized spacial score (nSPS) is 32.0. The van der Waals surface area contributed by atoms with Gasteiger partial charge in [0.2, 0.25) is 11.8 Å². The number of esters is 1. The van der Waals surface area contributed by atoms with E-state index in [1.54, 1.807) is 0 Å². The van der Waals surface area contributed by atoms with Gasteiger partial charge in [-0.05, 0) is 89.5 Å². The monoisotopic (exact) mass is 588 g/mol. The molecule has 6 bridgehead atoms. The van der Waals surface area contributed by atoms with Gasteiger partial charge in [0, 0.05) is 18.4 Å². The molecule has 0 radical (unpaired) electrons. The molecule has 2 amide bonds. The molecule has 10 rings (SSSR count). The van der Waals surface area contributed by atoms with E-state index in [0.717, 1.165) is 45.6 Å². The van der Waals surface area contributed by atoms with Gasteiger partial charge >= 0.3 is 5.97 Å². The van der Waals surface area contributed by atoms with E-state index < -0.39 is 17.8 Å². The second kappa shape index (κ2) is 10.9. The highest BCUT2D eigenvalue weighted by Gasteiger charge is 2.56. The maximum atomic E-state index is 14.4. The number of amides is 2. The number of ether oxygens (including phenoxy) is 1. The van der Waals surface area contributed by atoms with Crippen molar-refractivity contribution >= 4 is 17.8 Å².